The summed E-state index contributed by atoms with van der Waals surface area (Å²) in [4.78, 5) is 12.3. The van der Waals surface area contributed by atoms with E-state index < -0.39 is 15.9 Å². The van der Waals surface area contributed by atoms with Crippen LogP contribution in [0.15, 0.2) is 47.4 Å². The summed E-state index contributed by atoms with van der Waals surface area (Å²) < 4.78 is 30.9. The number of rotatable bonds is 7. The third-order valence-electron chi connectivity index (χ3n) is 3.43. The molecule has 0 spiro atoms. The molecule has 0 atom stereocenters. The third kappa shape index (κ3) is 5.11. The lowest BCUT2D eigenvalue weighted by atomic mass is 10.2. The van der Waals surface area contributed by atoms with Crippen molar-refractivity contribution >= 4 is 39.1 Å². The Hall–Kier alpha value is -1.80. The number of halogens is 2. The molecule has 0 radical (unpaired) electrons. The van der Waals surface area contributed by atoms with E-state index in [1.54, 1.807) is 24.3 Å². The monoisotopic (exact) mass is 416 g/mol. The summed E-state index contributed by atoms with van der Waals surface area (Å²) >= 11 is 11.8. The van der Waals surface area contributed by atoms with Crippen molar-refractivity contribution in [3.8, 4) is 5.75 Å². The molecule has 9 heteroatoms. The number of carbonyl (C=O) groups excluding carboxylic acids is 1. The Morgan fingerprint density at radius 1 is 1.12 bits per heavy atom. The largest absolute Gasteiger partial charge is 0.492 e. The molecule has 0 bridgehead atoms. The van der Waals surface area contributed by atoms with Crippen LogP contribution in [-0.4, -0.2) is 45.9 Å². The highest BCUT2D eigenvalue weighted by Crippen LogP contribution is 2.22. The first-order valence-corrected chi connectivity index (χ1v) is 9.80. The van der Waals surface area contributed by atoms with Gasteiger partial charge in [-0.05, 0) is 42.5 Å². The van der Waals surface area contributed by atoms with Crippen molar-refractivity contribution in [3.63, 3.8) is 0 Å². The number of benzene rings is 2. The molecule has 1 amide bonds. The fourth-order valence-corrected chi connectivity index (χ4v) is 3.27. The number of nitrogens with one attached hydrogen (secondary N) is 1. The van der Waals surface area contributed by atoms with E-state index in [4.69, 9.17) is 27.9 Å². The molecule has 0 aliphatic rings. The van der Waals surface area contributed by atoms with E-state index in [1.807, 2.05) is 0 Å². The van der Waals surface area contributed by atoms with Crippen LogP contribution >= 0.6 is 23.2 Å². The fraction of sp³-hybridized carbons (Fsp3) is 0.235. The van der Waals surface area contributed by atoms with Crippen LogP contribution in [0, 0.1) is 0 Å². The van der Waals surface area contributed by atoms with E-state index in [0.717, 1.165) is 4.31 Å². The van der Waals surface area contributed by atoms with Crippen LogP contribution in [-0.2, 0) is 10.0 Å². The first-order chi connectivity index (χ1) is 12.2. The van der Waals surface area contributed by atoms with Gasteiger partial charge in [-0.2, -0.15) is 0 Å². The summed E-state index contributed by atoms with van der Waals surface area (Å²) in [5.74, 6) is 0.145. The Morgan fingerprint density at radius 2 is 1.77 bits per heavy atom. The SMILES string of the molecule is CN(C)S(=O)(=O)c1ccc(Cl)c(C(=O)NCCOc2ccc(Cl)cc2)c1. The van der Waals surface area contributed by atoms with Gasteiger partial charge in [-0.15, -0.1) is 0 Å². The normalized spacial score (nSPS) is 11.4. The average Bonchev–Trinajstić information content (AvgIpc) is 2.60. The molecule has 0 heterocycles. The molecule has 140 valence electrons. The maximum Gasteiger partial charge on any atom is 0.252 e. The Kier molecular flexibility index (Phi) is 6.88. The molecule has 0 aliphatic carbocycles. The molecular weight excluding hydrogens is 399 g/mol. The van der Waals surface area contributed by atoms with Gasteiger partial charge in [0.05, 0.1) is 22.0 Å². The van der Waals surface area contributed by atoms with E-state index in [1.165, 1.54) is 32.3 Å². The second-order valence-electron chi connectivity index (χ2n) is 5.49. The van der Waals surface area contributed by atoms with Gasteiger partial charge < -0.3 is 10.1 Å². The number of carbonyl (C=O) groups is 1. The molecule has 0 fully saturated rings. The molecule has 2 rings (SSSR count). The maximum absolute atomic E-state index is 12.3. The van der Waals surface area contributed by atoms with Crippen molar-refractivity contribution < 1.29 is 17.9 Å². The second kappa shape index (κ2) is 8.73. The zero-order valence-corrected chi connectivity index (χ0v) is 16.5. The fourth-order valence-electron chi connectivity index (χ4n) is 2.01. The highest BCUT2D eigenvalue weighted by atomic mass is 35.5. The average molecular weight is 417 g/mol. The van der Waals surface area contributed by atoms with Crippen LogP contribution in [0.2, 0.25) is 10.0 Å². The van der Waals surface area contributed by atoms with E-state index >= 15 is 0 Å². The summed E-state index contributed by atoms with van der Waals surface area (Å²) in [7, 11) is -0.826. The smallest absolute Gasteiger partial charge is 0.252 e. The van der Waals surface area contributed by atoms with Crippen LogP contribution in [0.5, 0.6) is 5.75 Å². The summed E-state index contributed by atoms with van der Waals surface area (Å²) in [5.41, 5.74) is 0.0843. The lowest BCUT2D eigenvalue weighted by molar-refractivity contribution is 0.0947. The van der Waals surface area contributed by atoms with E-state index in [0.29, 0.717) is 10.8 Å². The summed E-state index contributed by atoms with van der Waals surface area (Å²) in [6, 6.07) is 10.8. The standard InChI is InChI=1S/C17H18Cl2N2O4S/c1-21(2)26(23,24)14-7-8-16(19)15(11-14)17(22)20-9-10-25-13-5-3-12(18)4-6-13/h3-8,11H,9-10H2,1-2H3,(H,20,22). The molecule has 0 unspecified atom stereocenters. The topological polar surface area (TPSA) is 75.7 Å². The number of ether oxygens (including phenoxy) is 1. The molecule has 0 aliphatic heterocycles. The van der Waals surface area contributed by atoms with Gasteiger partial charge in [0.2, 0.25) is 10.0 Å². The number of hydrogen-bond donors (Lipinski definition) is 1. The minimum absolute atomic E-state index is 0.00513. The lowest BCUT2D eigenvalue weighted by Crippen LogP contribution is -2.29. The van der Waals surface area contributed by atoms with Crippen LogP contribution in [0.1, 0.15) is 10.4 Å². The van der Waals surface area contributed by atoms with E-state index in [9.17, 15) is 13.2 Å². The van der Waals surface area contributed by atoms with Gasteiger partial charge in [-0.1, -0.05) is 23.2 Å². The molecule has 2 aromatic carbocycles. The van der Waals surface area contributed by atoms with Crippen molar-refractivity contribution in [1.29, 1.82) is 0 Å². The predicted octanol–water partition coefficient (Wildman–Crippen LogP) is 3.05. The molecule has 0 aromatic heterocycles. The minimum atomic E-state index is -3.66. The highest BCUT2D eigenvalue weighted by molar-refractivity contribution is 7.89. The number of amides is 1. The van der Waals surface area contributed by atoms with Gasteiger partial charge in [-0.3, -0.25) is 4.79 Å². The number of sulfonamides is 1. The van der Waals surface area contributed by atoms with Crippen molar-refractivity contribution in [3.05, 3.63) is 58.1 Å². The zero-order chi connectivity index (χ0) is 19.3. The molecular formula is C17H18Cl2N2O4S. The van der Waals surface area contributed by atoms with Gasteiger partial charge >= 0.3 is 0 Å². The first kappa shape index (κ1) is 20.5. The number of hydrogen-bond acceptors (Lipinski definition) is 4. The molecule has 6 nitrogen and oxygen atoms in total. The zero-order valence-electron chi connectivity index (χ0n) is 14.2. The van der Waals surface area contributed by atoms with Gasteiger partial charge in [0.15, 0.2) is 0 Å². The third-order valence-corrected chi connectivity index (χ3v) is 5.82. The van der Waals surface area contributed by atoms with Crippen molar-refractivity contribution in [2.45, 2.75) is 4.90 Å². The first-order valence-electron chi connectivity index (χ1n) is 7.60. The Bertz CT molecular complexity index is 884. The lowest BCUT2D eigenvalue weighted by Gasteiger charge is -2.13. The molecule has 2 aromatic rings. The number of nitrogens with zero attached hydrogens (tertiary/aromatic N) is 1. The van der Waals surface area contributed by atoms with Gasteiger partial charge in [0.1, 0.15) is 12.4 Å². The summed E-state index contributed by atoms with van der Waals surface area (Å²) in [5, 5.41) is 3.42. The van der Waals surface area contributed by atoms with Crippen LogP contribution in [0.4, 0.5) is 0 Å². The van der Waals surface area contributed by atoms with Crippen molar-refractivity contribution in [2.75, 3.05) is 27.2 Å². The van der Waals surface area contributed by atoms with Crippen LogP contribution < -0.4 is 10.1 Å². The van der Waals surface area contributed by atoms with Gasteiger partial charge in [0, 0.05) is 19.1 Å². The van der Waals surface area contributed by atoms with Gasteiger partial charge in [0.25, 0.3) is 5.91 Å². The Balaban J connectivity index is 1.99. The molecule has 0 saturated carbocycles. The summed E-state index contributed by atoms with van der Waals surface area (Å²) in [6.07, 6.45) is 0. The van der Waals surface area contributed by atoms with E-state index in [2.05, 4.69) is 5.32 Å². The second-order valence-corrected chi connectivity index (χ2v) is 8.48. The molecule has 0 saturated heterocycles. The van der Waals surface area contributed by atoms with Crippen LogP contribution in [0.25, 0.3) is 0 Å². The Labute approximate surface area is 162 Å². The minimum Gasteiger partial charge on any atom is -0.492 e. The summed E-state index contributed by atoms with van der Waals surface area (Å²) in [6.45, 7) is 0.461. The predicted molar refractivity (Wildman–Crippen MR) is 102 cm³/mol. The van der Waals surface area contributed by atoms with Crippen molar-refractivity contribution in [2.24, 2.45) is 0 Å². The molecule has 1 N–H and O–H groups in total. The van der Waals surface area contributed by atoms with E-state index in [-0.39, 0.29) is 28.6 Å². The highest BCUT2D eigenvalue weighted by Gasteiger charge is 2.20. The molecule has 26 heavy (non-hydrogen) atoms. The van der Waals surface area contributed by atoms with Gasteiger partial charge in [-0.25, -0.2) is 12.7 Å². The van der Waals surface area contributed by atoms with Crippen molar-refractivity contribution in [1.82, 2.24) is 9.62 Å². The quantitative estimate of drug-likeness (QED) is 0.703. The Morgan fingerprint density at radius 3 is 2.38 bits per heavy atom. The maximum atomic E-state index is 12.3. The van der Waals surface area contributed by atoms with Crippen LogP contribution in [0.3, 0.4) is 0 Å².